The fourth-order valence-corrected chi connectivity index (χ4v) is 2.94. The van der Waals surface area contributed by atoms with E-state index >= 15 is 0 Å². The molecule has 5 heteroatoms. The van der Waals surface area contributed by atoms with E-state index in [9.17, 15) is 4.39 Å². The van der Waals surface area contributed by atoms with Gasteiger partial charge >= 0.3 is 0 Å². The zero-order valence-electron chi connectivity index (χ0n) is 9.25. The fourth-order valence-electron chi connectivity index (χ4n) is 1.83. The zero-order valence-corrected chi connectivity index (χ0v) is 10.8. The van der Waals surface area contributed by atoms with Gasteiger partial charge in [0.2, 0.25) is 5.95 Å². The first-order valence-electron chi connectivity index (χ1n) is 5.34. The Morgan fingerprint density at radius 2 is 2.06 bits per heavy atom. The number of hydrogen-bond donors (Lipinski definition) is 1. The molecule has 0 aliphatic carbocycles. The number of piperidine rings is 1. The van der Waals surface area contributed by atoms with Crippen molar-refractivity contribution in [2.24, 2.45) is 0 Å². The summed E-state index contributed by atoms with van der Waals surface area (Å²) in [6.45, 7) is 2.43. The van der Waals surface area contributed by atoms with E-state index in [0.29, 0.717) is 5.25 Å². The number of halogens is 2. The number of thioether (sulfide) groups is 1. The Labute approximate surface area is 106 Å². The number of pyridine rings is 1. The monoisotopic (exact) mass is 262 g/mol. The van der Waals surface area contributed by atoms with Gasteiger partial charge in [-0.2, -0.15) is 4.39 Å². The molecule has 2 rings (SSSR count). The van der Waals surface area contributed by atoms with E-state index in [1.54, 1.807) is 22.7 Å². The molecular formula is C11H16ClFN2S. The molecule has 1 saturated heterocycles. The lowest BCUT2D eigenvalue weighted by molar-refractivity contribution is -0.884. The summed E-state index contributed by atoms with van der Waals surface area (Å²) in [5.74, 6) is -0.376. The largest absolute Gasteiger partial charge is 1.00 e. The summed E-state index contributed by atoms with van der Waals surface area (Å²) in [5.41, 5.74) is 0. The molecule has 90 valence electrons. The van der Waals surface area contributed by atoms with Crippen molar-refractivity contribution in [3.05, 3.63) is 24.1 Å². The molecule has 16 heavy (non-hydrogen) atoms. The van der Waals surface area contributed by atoms with Gasteiger partial charge in [0.15, 0.2) is 0 Å². The summed E-state index contributed by atoms with van der Waals surface area (Å²) >= 11 is 1.72. The third-order valence-electron chi connectivity index (χ3n) is 2.76. The first-order chi connectivity index (χ1) is 7.24. The second kappa shape index (κ2) is 6.42. The number of likely N-dealkylation sites (tertiary alicyclic amines) is 1. The maximum atomic E-state index is 12.9. The average molecular weight is 263 g/mol. The number of aromatic nitrogens is 1. The fraction of sp³-hybridized carbons (Fsp3) is 0.545. The van der Waals surface area contributed by atoms with Gasteiger partial charge in [0.25, 0.3) is 0 Å². The second-order valence-corrected chi connectivity index (χ2v) is 5.39. The zero-order chi connectivity index (χ0) is 10.7. The topological polar surface area (TPSA) is 17.3 Å². The lowest BCUT2D eigenvalue weighted by Gasteiger charge is -2.25. The van der Waals surface area contributed by atoms with E-state index in [-0.39, 0.29) is 18.4 Å². The highest BCUT2D eigenvalue weighted by Gasteiger charge is 2.20. The quantitative estimate of drug-likeness (QED) is 0.621. The van der Waals surface area contributed by atoms with Gasteiger partial charge < -0.3 is 17.3 Å². The van der Waals surface area contributed by atoms with Gasteiger partial charge in [-0.15, -0.1) is 11.8 Å². The van der Waals surface area contributed by atoms with Gasteiger partial charge in [-0.1, -0.05) is 6.07 Å². The van der Waals surface area contributed by atoms with Crippen molar-refractivity contribution in [2.45, 2.75) is 23.1 Å². The first-order valence-corrected chi connectivity index (χ1v) is 6.22. The summed E-state index contributed by atoms with van der Waals surface area (Å²) in [6, 6.07) is 5.01. The van der Waals surface area contributed by atoms with Crippen LogP contribution in [0.4, 0.5) is 4.39 Å². The van der Waals surface area contributed by atoms with Crippen LogP contribution < -0.4 is 17.3 Å². The highest BCUT2D eigenvalue weighted by atomic mass is 35.5. The Bertz CT molecular complexity index is 330. The van der Waals surface area contributed by atoms with E-state index in [1.165, 1.54) is 32.0 Å². The van der Waals surface area contributed by atoms with Gasteiger partial charge in [0, 0.05) is 18.1 Å². The van der Waals surface area contributed by atoms with Crippen molar-refractivity contribution in [1.82, 2.24) is 4.98 Å². The van der Waals surface area contributed by atoms with E-state index < -0.39 is 0 Å². The number of rotatable bonds is 2. The van der Waals surface area contributed by atoms with Crippen molar-refractivity contribution < 1.29 is 21.7 Å². The molecule has 1 aromatic heterocycles. The van der Waals surface area contributed by atoms with E-state index in [0.717, 1.165) is 5.03 Å². The molecule has 1 aliphatic heterocycles. The Morgan fingerprint density at radius 1 is 1.38 bits per heavy atom. The van der Waals surface area contributed by atoms with Gasteiger partial charge in [0.1, 0.15) is 0 Å². The van der Waals surface area contributed by atoms with Crippen LogP contribution in [0.25, 0.3) is 0 Å². The Balaban J connectivity index is 0.00000128. The van der Waals surface area contributed by atoms with Crippen LogP contribution in [0, 0.1) is 5.95 Å². The Morgan fingerprint density at radius 3 is 2.69 bits per heavy atom. The van der Waals surface area contributed by atoms with Crippen molar-refractivity contribution >= 4 is 11.8 Å². The highest BCUT2D eigenvalue weighted by molar-refractivity contribution is 7.99. The SMILES string of the molecule is C[NH+]1CCC(Sc2cccc(F)n2)CC1.[Cl-]. The van der Waals surface area contributed by atoms with Gasteiger partial charge in [-0.05, 0) is 12.1 Å². The van der Waals surface area contributed by atoms with Gasteiger partial charge in [-0.3, -0.25) is 0 Å². The van der Waals surface area contributed by atoms with E-state index in [1.807, 2.05) is 6.07 Å². The van der Waals surface area contributed by atoms with E-state index in [4.69, 9.17) is 0 Å². The smallest absolute Gasteiger partial charge is 0.213 e. The maximum Gasteiger partial charge on any atom is 0.213 e. The van der Waals surface area contributed by atoms with Crippen LogP contribution in [-0.4, -0.2) is 30.4 Å². The molecule has 1 N–H and O–H groups in total. The molecule has 1 aliphatic rings. The van der Waals surface area contributed by atoms with Crippen LogP contribution in [0.5, 0.6) is 0 Å². The van der Waals surface area contributed by atoms with Crippen LogP contribution in [-0.2, 0) is 0 Å². The summed E-state index contributed by atoms with van der Waals surface area (Å²) in [7, 11) is 2.22. The number of hydrogen-bond acceptors (Lipinski definition) is 2. The van der Waals surface area contributed by atoms with Crippen molar-refractivity contribution in [2.75, 3.05) is 20.1 Å². The average Bonchev–Trinajstić information content (AvgIpc) is 2.22. The molecule has 0 aromatic carbocycles. The van der Waals surface area contributed by atoms with Crippen LogP contribution in [0.1, 0.15) is 12.8 Å². The summed E-state index contributed by atoms with van der Waals surface area (Å²) in [5, 5.41) is 1.43. The molecule has 0 unspecified atom stereocenters. The summed E-state index contributed by atoms with van der Waals surface area (Å²) in [4.78, 5) is 5.47. The van der Waals surface area contributed by atoms with Gasteiger partial charge in [0.05, 0.1) is 25.2 Å². The molecular weight excluding hydrogens is 247 g/mol. The lowest BCUT2D eigenvalue weighted by Crippen LogP contribution is -3.10. The second-order valence-electron chi connectivity index (χ2n) is 4.07. The first kappa shape index (κ1) is 13.7. The highest BCUT2D eigenvalue weighted by Crippen LogP contribution is 2.26. The van der Waals surface area contributed by atoms with Crippen LogP contribution in [0.3, 0.4) is 0 Å². The van der Waals surface area contributed by atoms with Crippen LogP contribution in [0.2, 0.25) is 0 Å². The molecule has 0 spiro atoms. The Kier molecular flexibility index (Phi) is 5.52. The van der Waals surface area contributed by atoms with Crippen molar-refractivity contribution in [1.29, 1.82) is 0 Å². The van der Waals surface area contributed by atoms with Crippen LogP contribution >= 0.6 is 11.8 Å². The molecule has 2 nitrogen and oxygen atoms in total. The molecule has 2 heterocycles. The number of nitrogens with zero attached hydrogens (tertiary/aromatic N) is 1. The minimum absolute atomic E-state index is 0. The third kappa shape index (κ3) is 3.92. The molecule has 0 radical (unpaired) electrons. The molecule has 0 amide bonds. The van der Waals surface area contributed by atoms with Crippen molar-refractivity contribution in [3.63, 3.8) is 0 Å². The Hall–Kier alpha value is -0.320. The molecule has 0 atom stereocenters. The summed E-state index contributed by atoms with van der Waals surface area (Å²) < 4.78 is 12.9. The van der Waals surface area contributed by atoms with Crippen LogP contribution in [0.15, 0.2) is 23.2 Å². The molecule has 1 fully saturated rings. The maximum absolute atomic E-state index is 12.9. The molecule has 0 bridgehead atoms. The van der Waals surface area contributed by atoms with Crippen molar-refractivity contribution in [3.8, 4) is 0 Å². The molecule has 1 aromatic rings. The minimum atomic E-state index is -0.376. The summed E-state index contributed by atoms with van der Waals surface area (Å²) in [6.07, 6.45) is 2.41. The standard InChI is InChI=1S/C11H15FN2S.ClH/c1-14-7-5-9(6-8-14)15-11-4-2-3-10(12)13-11;/h2-4,9H,5-8H2,1H3;1H. The third-order valence-corrected chi connectivity index (χ3v) is 4.04. The number of quaternary nitrogens is 1. The lowest BCUT2D eigenvalue weighted by atomic mass is 10.1. The normalized spacial score (nSPS) is 24.9. The predicted octanol–water partition coefficient (Wildman–Crippen LogP) is -2.01. The predicted molar refractivity (Wildman–Crippen MR) is 59.7 cm³/mol. The minimum Gasteiger partial charge on any atom is -1.00 e. The van der Waals surface area contributed by atoms with E-state index in [2.05, 4.69) is 12.0 Å². The molecule has 0 saturated carbocycles. The van der Waals surface area contributed by atoms with Gasteiger partial charge in [-0.25, -0.2) is 4.98 Å². The number of nitrogens with one attached hydrogen (secondary N) is 1.